The van der Waals surface area contributed by atoms with Gasteiger partial charge in [0.25, 0.3) is 0 Å². The molecule has 1 amide bonds. The predicted octanol–water partition coefficient (Wildman–Crippen LogP) is 2.82. The van der Waals surface area contributed by atoms with Crippen LogP contribution in [-0.4, -0.2) is 30.5 Å². The lowest BCUT2D eigenvalue weighted by atomic mass is 10.2. The van der Waals surface area contributed by atoms with Crippen molar-refractivity contribution in [2.24, 2.45) is 0 Å². The number of ether oxygens (including phenoxy) is 1. The first-order valence-corrected chi connectivity index (χ1v) is 6.87. The van der Waals surface area contributed by atoms with Crippen molar-refractivity contribution in [1.29, 1.82) is 0 Å². The molecule has 0 radical (unpaired) electrons. The molecular formula is C12H14ClNO3S. The Balaban J connectivity index is 2.94. The van der Waals surface area contributed by atoms with Crippen LogP contribution in [-0.2, 0) is 9.53 Å². The van der Waals surface area contributed by atoms with Crippen LogP contribution < -0.4 is 5.32 Å². The summed E-state index contributed by atoms with van der Waals surface area (Å²) in [5, 5.41) is 2.87. The molecule has 0 saturated carbocycles. The fourth-order valence-corrected chi connectivity index (χ4v) is 1.65. The van der Waals surface area contributed by atoms with Crippen molar-refractivity contribution < 1.29 is 14.3 Å². The molecule has 4 nitrogen and oxygen atoms in total. The fourth-order valence-electron chi connectivity index (χ4n) is 1.21. The van der Waals surface area contributed by atoms with Gasteiger partial charge in [-0.1, -0.05) is 11.6 Å². The van der Waals surface area contributed by atoms with E-state index in [0.717, 1.165) is 0 Å². The van der Waals surface area contributed by atoms with E-state index in [2.05, 4.69) is 10.1 Å². The summed E-state index contributed by atoms with van der Waals surface area (Å²) in [6, 6.07) is 4.59. The van der Waals surface area contributed by atoms with Gasteiger partial charge in [-0.05, 0) is 31.4 Å². The van der Waals surface area contributed by atoms with Gasteiger partial charge >= 0.3 is 5.97 Å². The topological polar surface area (TPSA) is 55.4 Å². The number of amides is 1. The van der Waals surface area contributed by atoms with Crippen LogP contribution in [0.1, 0.15) is 17.3 Å². The Bertz CT molecular complexity index is 465. The molecule has 0 unspecified atom stereocenters. The molecule has 0 aliphatic carbocycles. The van der Waals surface area contributed by atoms with Gasteiger partial charge in [-0.25, -0.2) is 4.79 Å². The maximum Gasteiger partial charge on any atom is 0.337 e. The molecule has 0 aromatic heterocycles. The molecule has 1 aromatic carbocycles. The fraction of sp³-hybridized carbons (Fsp3) is 0.333. The van der Waals surface area contributed by atoms with Crippen molar-refractivity contribution in [2.75, 3.05) is 18.7 Å². The molecule has 1 rings (SSSR count). The normalized spacial score (nSPS) is 11.8. The number of anilines is 1. The summed E-state index contributed by atoms with van der Waals surface area (Å²) in [5.74, 6) is -0.633. The number of esters is 1. The van der Waals surface area contributed by atoms with Crippen LogP contribution in [0.2, 0.25) is 5.02 Å². The van der Waals surface area contributed by atoms with Crippen molar-refractivity contribution in [3.05, 3.63) is 28.8 Å². The van der Waals surface area contributed by atoms with Crippen LogP contribution in [0, 0.1) is 0 Å². The Kier molecular flexibility index (Phi) is 5.50. The van der Waals surface area contributed by atoms with Gasteiger partial charge in [-0.15, -0.1) is 0 Å². The van der Waals surface area contributed by atoms with Crippen LogP contribution >= 0.6 is 23.4 Å². The Labute approximate surface area is 115 Å². The first-order chi connectivity index (χ1) is 8.49. The van der Waals surface area contributed by atoms with E-state index in [1.807, 2.05) is 6.26 Å². The van der Waals surface area contributed by atoms with Crippen molar-refractivity contribution in [3.63, 3.8) is 0 Å². The number of halogens is 1. The zero-order chi connectivity index (χ0) is 13.7. The van der Waals surface area contributed by atoms with E-state index in [-0.39, 0.29) is 11.2 Å². The molecule has 0 bridgehead atoms. The second-order valence-corrected chi connectivity index (χ2v) is 5.14. The lowest BCUT2D eigenvalue weighted by molar-refractivity contribution is -0.115. The summed E-state index contributed by atoms with van der Waals surface area (Å²) < 4.78 is 4.61. The van der Waals surface area contributed by atoms with Crippen LogP contribution in [0.15, 0.2) is 18.2 Å². The number of benzene rings is 1. The van der Waals surface area contributed by atoms with E-state index in [1.165, 1.54) is 24.9 Å². The lowest BCUT2D eigenvalue weighted by Crippen LogP contribution is -2.22. The molecule has 0 aliphatic rings. The van der Waals surface area contributed by atoms with Crippen LogP contribution in [0.4, 0.5) is 5.69 Å². The van der Waals surface area contributed by atoms with E-state index >= 15 is 0 Å². The summed E-state index contributed by atoms with van der Waals surface area (Å²) in [6.45, 7) is 1.79. The molecule has 1 aromatic rings. The van der Waals surface area contributed by atoms with Crippen molar-refractivity contribution in [2.45, 2.75) is 12.2 Å². The zero-order valence-electron chi connectivity index (χ0n) is 10.3. The van der Waals surface area contributed by atoms with Crippen molar-refractivity contribution in [1.82, 2.24) is 0 Å². The smallest absolute Gasteiger partial charge is 0.337 e. The quantitative estimate of drug-likeness (QED) is 0.865. The number of hydrogen-bond acceptors (Lipinski definition) is 4. The van der Waals surface area contributed by atoms with Gasteiger partial charge < -0.3 is 10.1 Å². The molecule has 0 heterocycles. The zero-order valence-corrected chi connectivity index (χ0v) is 11.9. The van der Waals surface area contributed by atoms with Crippen molar-refractivity contribution >= 4 is 40.9 Å². The Hall–Kier alpha value is -1.20. The Morgan fingerprint density at radius 2 is 2.11 bits per heavy atom. The summed E-state index contributed by atoms with van der Waals surface area (Å²) in [4.78, 5) is 23.1. The highest BCUT2D eigenvalue weighted by atomic mass is 35.5. The SMILES string of the molecule is COC(=O)c1ccc(Cl)c(NC(=O)[C@H](C)SC)c1. The average molecular weight is 288 g/mol. The monoisotopic (exact) mass is 287 g/mol. The maximum absolute atomic E-state index is 11.7. The second kappa shape index (κ2) is 6.66. The first-order valence-electron chi connectivity index (χ1n) is 5.21. The Morgan fingerprint density at radius 1 is 1.44 bits per heavy atom. The summed E-state index contributed by atoms with van der Waals surface area (Å²) >= 11 is 7.39. The summed E-state index contributed by atoms with van der Waals surface area (Å²) in [6.07, 6.45) is 1.84. The summed E-state index contributed by atoms with van der Waals surface area (Å²) in [5.41, 5.74) is 0.750. The van der Waals surface area contributed by atoms with E-state index in [0.29, 0.717) is 16.3 Å². The average Bonchev–Trinajstić information content (AvgIpc) is 2.39. The molecule has 0 aliphatic heterocycles. The Morgan fingerprint density at radius 3 is 2.67 bits per heavy atom. The molecule has 0 spiro atoms. The third kappa shape index (κ3) is 3.65. The molecule has 0 saturated heterocycles. The standard InChI is InChI=1S/C12H14ClNO3S/c1-7(18-3)11(15)14-10-6-8(12(16)17-2)4-5-9(10)13/h4-7H,1-3H3,(H,14,15)/t7-/m0/s1. The minimum atomic E-state index is -0.472. The first kappa shape index (κ1) is 14.9. The minimum absolute atomic E-state index is 0.161. The number of methoxy groups -OCH3 is 1. The third-order valence-electron chi connectivity index (χ3n) is 2.37. The third-order valence-corrected chi connectivity index (χ3v) is 3.62. The van der Waals surface area contributed by atoms with Crippen LogP contribution in [0.25, 0.3) is 0 Å². The highest BCUT2D eigenvalue weighted by Crippen LogP contribution is 2.24. The molecule has 6 heteroatoms. The number of rotatable bonds is 4. The molecule has 18 heavy (non-hydrogen) atoms. The molecule has 98 valence electrons. The van der Waals surface area contributed by atoms with Crippen LogP contribution in [0.5, 0.6) is 0 Å². The number of thioether (sulfide) groups is 1. The van der Waals surface area contributed by atoms with Crippen LogP contribution in [0.3, 0.4) is 0 Å². The van der Waals surface area contributed by atoms with Gasteiger partial charge in [0.1, 0.15) is 0 Å². The van der Waals surface area contributed by atoms with Gasteiger partial charge in [0, 0.05) is 0 Å². The van der Waals surface area contributed by atoms with E-state index in [1.54, 1.807) is 19.1 Å². The largest absolute Gasteiger partial charge is 0.465 e. The van der Waals surface area contributed by atoms with Gasteiger partial charge in [-0.3, -0.25) is 4.79 Å². The predicted molar refractivity (Wildman–Crippen MR) is 74.4 cm³/mol. The second-order valence-electron chi connectivity index (χ2n) is 3.55. The van der Waals surface area contributed by atoms with Gasteiger partial charge in [0.15, 0.2) is 0 Å². The molecule has 0 fully saturated rings. The van der Waals surface area contributed by atoms with E-state index < -0.39 is 5.97 Å². The number of carbonyl (C=O) groups excluding carboxylic acids is 2. The molecular weight excluding hydrogens is 274 g/mol. The van der Waals surface area contributed by atoms with Gasteiger partial charge in [0.2, 0.25) is 5.91 Å². The van der Waals surface area contributed by atoms with E-state index in [9.17, 15) is 9.59 Å². The number of carbonyl (C=O) groups is 2. The highest BCUT2D eigenvalue weighted by Gasteiger charge is 2.14. The van der Waals surface area contributed by atoms with E-state index in [4.69, 9.17) is 11.6 Å². The van der Waals surface area contributed by atoms with Crippen molar-refractivity contribution in [3.8, 4) is 0 Å². The maximum atomic E-state index is 11.7. The number of nitrogens with one attached hydrogen (secondary N) is 1. The van der Waals surface area contributed by atoms with Gasteiger partial charge in [-0.2, -0.15) is 11.8 Å². The minimum Gasteiger partial charge on any atom is -0.465 e. The highest BCUT2D eigenvalue weighted by molar-refractivity contribution is 7.99. The molecule has 1 atom stereocenters. The summed E-state index contributed by atoms with van der Waals surface area (Å²) in [7, 11) is 1.30. The van der Waals surface area contributed by atoms with Gasteiger partial charge in [0.05, 0.1) is 28.6 Å². The lowest BCUT2D eigenvalue weighted by Gasteiger charge is -2.11. The number of hydrogen-bond donors (Lipinski definition) is 1. The molecule has 1 N–H and O–H groups in total.